The lowest BCUT2D eigenvalue weighted by molar-refractivity contribution is 0.411. The topological polar surface area (TPSA) is 71.4 Å². The molecule has 0 aliphatic carbocycles. The van der Waals surface area contributed by atoms with Crippen molar-refractivity contribution in [1.29, 1.82) is 0 Å². The van der Waals surface area contributed by atoms with Gasteiger partial charge in [-0.3, -0.25) is 4.99 Å². The maximum absolute atomic E-state index is 5.61. The number of benzene rings is 3. The van der Waals surface area contributed by atoms with Crippen molar-refractivity contribution in [2.24, 2.45) is 10.4 Å². The Morgan fingerprint density at radius 3 is 2.39 bits per heavy atom. The molecule has 1 heterocycles. The van der Waals surface area contributed by atoms with Crippen LogP contribution in [0.25, 0.3) is 10.9 Å². The molecule has 0 saturated carbocycles. The van der Waals surface area contributed by atoms with E-state index in [-0.39, 0.29) is 5.41 Å². The lowest BCUT2D eigenvalue weighted by atomic mass is 9.82. The minimum absolute atomic E-state index is 0.0306. The first-order chi connectivity index (χ1) is 21.1. The monoisotopic (exact) mass is 591 g/mol. The fourth-order valence-corrected chi connectivity index (χ4v) is 5.27. The third kappa shape index (κ3) is 9.80. The van der Waals surface area contributed by atoms with Crippen molar-refractivity contribution in [2.45, 2.75) is 67.2 Å². The third-order valence-corrected chi connectivity index (χ3v) is 7.55. The van der Waals surface area contributed by atoms with Gasteiger partial charge in [0, 0.05) is 41.4 Å². The summed E-state index contributed by atoms with van der Waals surface area (Å²) in [5.41, 5.74) is 8.58. The van der Waals surface area contributed by atoms with Gasteiger partial charge in [-0.25, -0.2) is 9.97 Å². The van der Waals surface area contributed by atoms with Crippen LogP contribution in [-0.2, 0) is 12.8 Å². The van der Waals surface area contributed by atoms with Gasteiger partial charge in [-0.1, -0.05) is 88.7 Å². The van der Waals surface area contributed by atoms with Crippen molar-refractivity contribution < 1.29 is 4.74 Å². The zero-order chi connectivity index (χ0) is 32.1. The summed E-state index contributed by atoms with van der Waals surface area (Å²) in [4.78, 5) is 13.6. The van der Waals surface area contributed by atoms with Crippen molar-refractivity contribution in [3.8, 4) is 5.75 Å². The lowest BCUT2D eigenvalue weighted by Gasteiger charge is -2.25. The molecule has 6 heteroatoms. The SMILES string of the molecule is C=C(N/C(C)=C/C(=NC)C(C)(C)CCC)Nc1cccc(Cc2ncnc3cc(CC)c(OC)cc23)c1.Cc1ccccc1. The zero-order valence-electron chi connectivity index (χ0n) is 27.8. The first-order valence-electron chi connectivity index (χ1n) is 15.4. The molecule has 1 aromatic heterocycles. The van der Waals surface area contributed by atoms with E-state index in [0.29, 0.717) is 12.2 Å². The van der Waals surface area contributed by atoms with Gasteiger partial charge in [-0.15, -0.1) is 0 Å². The molecule has 3 aromatic carbocycles. The molecule has 0 unspecified atom stereocenters. The Bertz CT molecular complexity index is 1590. The Morgan fingerprint density at radius 2 is 1.77 bits per heavy atom. The second kappa shape index (κ2) is 16.4. The predicted molar refractivity (Wildman–Crippen MR) is 188 cm³/mol. The minimum Gasteiger partial charge on any atom is -0.496 e. The van der Waals surface area contributed by atoms with Crippen LogP contribution >= 0.6 is 0 Å². The smallest absolute Gasteiger partial charge is 0.122 e. The Kier molecular flexibility index (Phi) is 12.7. The number of anilines is 1. The summed E-state index contributed by atoms with van der Waals surface area (Å²) >= 11 is 0. The first-order valence-corrected chi connectivity index (χ1v) is 15.4. The maximum Gasteiger partial charge on any atom is 0.122 e. The molecule has 0 spiro atoms. The number of fused-ring (bicyclic) bond motifs is 1. The van der Waals surface area contributed by atoms with Crippen LogP contribution < -0.4 is 15.4 Å². The van der Waals surface area contributed by atoms with Gasteiger partial charge in [-0.05, 0) is 68.2 Å². The van der Waals surface area contributed by atoms with E-state index in [1.165, 1.54) is 5.56 Å². The molecule has 0 amide bonds. The van der Waals surface area contributed by atoms with Crippen LogP contribution in [0.1, 0.15) is 69.8 Å². The molecule has 0 atom stereocenters. The lowest BCUT2D eigenvalue weighted by Crippen LogP contribution is -2.25. The second-order valence-electron chi connectivity index (χ2n) is 11.7. The van der Waals surface area contributed by atoms with Crippen LogP contribution in [0.15, 0.2) is 102 Å². The van der Waals surface area contributed by atoms with Gasteiger partial charge in [0.25, 0.3) is 0 Å². The number of nitrogens with zero attached hydrogens (tertiary/aromatic N) is 3. The molecule has 4 aromatic rings. The second-order valence-corrected chi connectivity index (χ2v) is 11.7. The molecule has 4 rings (SSSR count). The fourth-order valence-electron chi connectivity index (χ4n) is 5.27. The van der Waals surface area contributed by atoms with E-state index in [2.05, 4.69) is 109 Å². The van der Waals surface area contributed by atoms with Crippen molar-refractivity contribution in [3.05, 3.63) is 120 Å². The number of hydrogen-bond acceptors (Lipinski definition) is 6. The van der Waals surface area contributed by atoms with Crippen LogP contribution in [0, 0.1) is 12.3 Å². The van der Waals surface area contributed by atoms with E-state index in [1.807, 2.05) is 44.3 Å². The molecular formula is C38H49N5O. The molecular weight excluding hydrogens is 542 g/mol. The average molecular weight is 592 g/mol. The summed E-state index contributed by atoms with van der Waals surface area (Å²) in [5.74, 6) is 1.58. The summed E-state index contributed by atoms with van der Waals surface area (Å²) in [6, 6.07) is 22.7. The van der Waals surface area contributed by atoms with Gasteiger partial charge < -0.3 is 15.4 Å². The fraction of sp³-hybridized carbons (Fsp3) is 0.342. The quantitative estimate of drug-likeness (QED) is 0.161. The third-order valence-electron chi connectivity index (χ3n) is 7.55. The Hall–Kier alpha value is -4.45. The molecule has 0 bridgehead atoms. The number of aliphatic imine (C=N–C) groups is 1. The highest BCUT2D eigenvalue weighted by atomic mass is 16.5. The molecule has 0 aliphatic rings. The normalized spacial score (nSPS) is 11.9. The number of allylic oxidation sites excluding steroid dienone is 2. The molecule has 232 valence electrons. The van der Waals surface area contributed by atoms with Gasteiger partial charge in [0.05, 0.1) is 24.1 Å². The number of ether oxygens (including phenoxy) is 1. The van der Waals surface area contributed by atoms with Gasteiger partial charge in [0.1, 0.15) is 12.1 Å². The standard InChI is InChI=1S/C31H41N5O.C7H8/c1-9-14-31(5,6)30(32-7)15-21(3)35-22(4)36-25-13-11-12-23(16-25)17-27-26-19-29(37-8)24(10-2)18-28(26)34-20-33-27;1-7-5-3-2-4-6-7/h11-13,15-16,18-20,35-36H,4,9-10,14,17H2,1-3,5-8H3;2-6H,1H3/b21-15+,32-30?;. The molecule has 44 heavy (non-hydrogen) atoms. The number of hydrogen-bond donors (Lipinski definition) is 2. The molecule has 0 saturated heterocycles. The van der Waals surface area contributed by atoms with E-state index in [9.17, 15) is 0 Å². The molecule has 0 aliphatic heterocycles. The van der Waals surface area contributed by atoms with Crippen LogP contribution in [0.3, 0.4) is 0 Å². The van der Waals surface area contributed by atoms with Gasteiger partial charge >= 0.3 is 0 Å². The number of methoxy groups -OCH3 is 1. The average Bonchev–Trinajstić information content (AvgIpc) is 3.00. The van der Waals surface area contributed by atoms with Crippen LogP contribution in [0.5, 0.6) is 5.75 Å². The number of aromatic nitrogens is 2. The molecule has 0 radical (unpaired) electrons. The minimum atomic E-state index is 0.0306. The van der Waals surface area contributed by atoms with E-state index in [1.54, 1.807) is 13.4 Å². The van der Waals surface area contributed by atoms with Crippen LogP contribution in [0.4, 0.5) is 5.69 Å². The van der Waals surface area contributed by atoms with Gasteiger partial charge in [-0.2, -0.15) is 0 Å². The van der Waals surface area contributed by atoms with Gasteiger partial charge in [0.15, 0.2) is 0 Å². The number of nitrogens with one attached hydrogen (secondary N) is 2. The van der Waals surface area contributed by atoms with Crippen molar-refractivity contribution >= 4 is 22.3 Å². The van der Waals surface area contributed by atoms with E-state index >= 15 is 0 Å². The predicted octanol–water partition coefficient (Wildman–Crippen LogP) is 9.06. The summed E-state index contributed by atoms with van der Waals surface area (Å²) in [6.45, 7) is 17.1. The van der Waals surface area contributed by atoms with Crippen molar-refractivity contribution in [1.82, 2.24) is 15.3 Å². The number of aryl methyl sites for hydroxylation is 2. The Morgan fingerprint density at radius 1 is 1.02 bits per heavy atom. The summed E-state index contributed by atoms with van der Waals surface area (Å²) in [6.07, 6.45) is 7.53. The number of rotatable bonds is 12. The Balaban J connectivity index is 0.000000662. The highest BCUT2D eigenvalue weighted by Crippen LogP contribution is 2.28. The Labute approximate surface area is 264 Å². The summed E-state index contributed by atoms with van der Waals surface area (Å²) in [5, 5.41) is 7.76. The molecule has 2 N–H and O–H groups in total. The van der Waals surface area contributed by atoms with Crippen LogP contribution in [-0.4, -0.2) is 29.8 Å². The van der Waals surface area contributed by atoms with Crippen molar-refractivity contribution in [3.63, 3.8) is 0 Å². The summed E-state index contributed by atoms with van der Waals surface area (Å²) < 4.78 is 5.61. The van der Waals surface area contributed by atoms with E-state index in [4.69, 9.17) is 4.74 Å². The van der Waals surface area contributed by atoms with Gasteiger partial charge in [0.2, 0.25) is 0 Å². The van der Waals surface area contributed by atoms with E-state index < -0.39 is 0 Å². The molecule has 6 nitrogen and oxygen atoms in total. The first kappa shape index (κ1) is 34.0. The summed E-state index contributed by atoms with van der Waals surface area (Å²) in [7, 11) is 3.56. The van der Waals surface area contributed by atoms with Crippen molar-refractivity contribution in [2.75, 3.05) is 19.5 Å². The van der Waals surface area contributed by atoms with E-state index in [0.717, 1.165) is 69.8 Å². The highest BCUT2D eigenvalue weighted by molar-refractivity contribution is 5.99. The maximum atomic E-state index is 5.61. The molecule has 0 fully saturated rings. The zero-order valence-corrected chi connectivity index (χ0v) is 27.8. The largest absolute Gasteiger partial charge is 0.496 e. The highest BCUT2D eigenvalue weighted by Gasteiger charge is 2.22. The van der Waals surface area contributed by atoms with Crippen LogP contribution in [0.2, 0.25) is 0 Å².